The van der Waals surface area contributed by atoms with Gasteiger partial charge in [0.15, 0.2) is 5.96 Å². The molecule has 0 radical (unpaired) electrons. The predicted molar refractivity (Wildman–Crippen MR) is 138 cm³/mol. The lowest BCUT2D eigenvalue weighted by molar-refractivity contribution is 0.134. The van der Waals surface area contributed by atoms with Gasteiger partial charge in [0.25, 0.3) is 0 Å². The largest absolute Gasteiger partial charge is 0.357 e. The lowest BCUT2D eigenvalue weighted by Crippen LogP contribution is -2.51. The number of hydrogen-bond acceptors (Lipinski definition) is 4. The van der Waals surface area contributed by atoms with Gasteiger partial charge < -0.3 is 15.5 Å². The van der Waals surface area contributed by atoms with Crippen molar-refractivity contribution >= 4 is 11.8 Å². The van der Waals surface area contributed by atoms with Gasteiger partial charge in [-0.2, -0.15) is 0 Å². The zero-order valence-corrected chi connectivity index (χ0v) is 20.5. The fraction of sp³-hybridized carbons (Fsp3) is 0.556. The number of aliphatic imine (C=N–C) groups is 1. The Morgan fingerprint density at radius 1 is 1.00 bits per heavy atom. The van der Waals surface area contributed by atoms with E-state index < -0.39 is 0 Å². The zero-order chi connectivity index (χ0) is 23.0. The lowest BCUT2D eigenvalue weighted by Gasteiger charge is -2.38. The normalized spacial score (nSPS) is 22.9. The molecule has 3 heterocycles. The van der Waals surface area contributed by atoms with E-state index in [1.165, 1.54) is 24.0 Å². The minimum Gasteiger partial charge on any atom is -0.357 e. The molecule has 2 aliphatic heterocycles. The first-order valence-corrected chi connectivity index (χ1v) is 12.6. The molecule has 2 fully saturated rings. The minimum absolute atomic E-state index is 0.445. The van der Waals surface area contributed by atoms with Gasteiger partial charge in [0.1, 0.15) is 5.82 Å². The van der Waals surface area contributed by atoms with Crippen LogP contribution in [0.2, 0.25) is 0 Å². The van der Waals surface area contributed by atoms with Gasteiger partial charge in [0.05, 0.1) is 0 Å². The first-order valence-electron chi connectivity index (χ1n) is 12.6. The average molecular weight is 449 g/mol. The molecule has 33 heavy (non-hydrogen) atoms. The number of aromatic nitrogens is 1. The maximum absolute atomic E-state index is 4.72. The maximum atomic E-state index is 4.72. The molecule has 6 nitrogen and oxygen atoms in total. The molecule has 4 rings (SSSR count). The molecule has 2 unspecified atom stereocenters. The summed E-state index contributed by atoms with van der Waals surface area (Å²) in [7, 11) is 1.85. The Labute approximate surface area is 199 Å². The predicted octanol–water partition coefficient (Wildman–Crippen LogP) is 4.04. The maximum Gasteiger partial charge on any atom is 0.191 e. The summed E-state index contributed by atoms with van der Waals surface area (Å²) in [6.07, 6.45) is 6.77. The molecule has 2 atom stereocenters. The quantitative estimate of drug-likeness (QED) is 0.516. The molecule has 6 heteroatoms. The fourth-order valence-electron chi connectivity index (χ4n) is 4.92. The van der Waals surface area contributed by atoms with Crippen molar-refractivity contribution in [2.75, 3.05) is 31.6 Å². The summed E-state index contributed by atoms with van der Waals surface area (Å²) >= 11 is 0. The van der Waals surface area contributed by atoms with Crippen LogP contribution in [0.15, 0.2) is 53.7 Å². The van der Waals surface area contributed by atoms with E-state index in [2.05, 4.69) is 81.7 Å². The van der Waals surface area contributed by atoms with Crippen LogP contribution >= 0.6 is 0 Å². The van der Waals surface area contributed by atoms with Crippen molar-refractivity contribution in [3.8, 4) is 0 Å². The fourth-order valence-corrected chi connectivity index (χ4v) is 4.92. The van der Waals surface area contributed by atoms with Gasteiger partial charge in [-0.1, -0.05) is 43.3 Å². The van der Waals surface area contributed by atoms with Crippen LogP contribution in [0.3, 0.4) is 0 Å². The molecular formula is C27H40N6. The second kappa shape index (κ2) is 11.5. The molecule has 1 aromatic carbocycles. The Kier molecular flexibility index (Phi) is 8.21. The Morgan fingerprint density at radius 2 is 1.79 bits per heavy atom. The highest BCUT2D eigenvalue weighted by molar-refractivity contribution is 5.80. The van der Waals surface area contributed by atoms with Crippen LogP contribution in [-0.4, -0.2) is 54.6 Å². The third-order valence-electron chi connectivity index (χ3n) is 7.18. The molecule has 2 N–H and O–H groups in total. The summed E-state index contributed by atoms with van der Waals surface area (Å²) in [6.45, 7) is 9.77. The van der Waals surface area contributed by atoms with Crippen molar-refractivity contribution in [1.29, 1.82) is 0 Å². The van der Waals surface area contributed by atoms with Crippen LogP contribution in [-0.2, 0) is 13.1 Å². The number of guanidine groups is 1. The van der Waals surface area contributed by atoms with E-state index in [-0.39, 0.29) is 0 Å². The molecular weight excluding hydrogens is 408 g/mol. The van der Waals surface area contributed by atoms with Gasteiger partial charge in [-0.15, -0.1) is 0 Å². The van der Waals surface area contributed by atoms with Gasteiger partial charge in [0, 0.05) is 58.1 Å². The number of nitrogens with one attached hydrogen (secondary N) is 2. The molecule has 0 saturated carbocycles. The van der Waals surface area contributed by atoms with Gasteiger partial charge in [-0.25, -0.2) is 4.98 Å². The molecule has 1 aromatic heterocycles. The zero-order valence-electron chi connectivity index (χ0n) is 20.5. The lowest BCUT2D eigenvalue weighted by atomic mass is 9.97. The second-order valence-corrected chi connectivity index (χ2v) is 9.79. The highest BCUT2D eigenvalue weighted by atomic mass is 15.2. The van der Waals surface area contributed by atoms with Crippen LogP contribution in [0.4, 0.5) is 5.82 Å². The highest BCUT2D eigenvalue weighted by Crippen LogP contribution is 2.22. The van der Waals surface area contributed by atoms with Crippen molar-refractivity contribution in [2.24, 2.45) is 10.9 Å². The first-order chi connectivity index (χ1) is 16.1. The standard InChI is InChI=1S/C27H40N6/c1-21-11-14-32(15-12-21)26-10-9-24(18-29-26)19-30-27(28-3)31-25-13-16-33(22(2)17-25)20-23-7-5-4-6-8-23/h4-10,18,21-22,25H,11-17,19-20H2,1-3H3,(H2,28,30,31). The van der Waals surface area contributed by atoms with Crippen LogP contribution in [0.5, 0.6) is 0 Å². The minimum atomic E-state index is 0.445. The molecule has 178 valence electrons. The topological polar surface area (TPSA) is 55.8 Å². The van der Waals surface area contributed by atoms with Crippen LogP contribution < -0.4 is 15.5 Å². The summed E-state index contributed by atoms with van der Waals surface area (Å²) in [4.78, 5) is 14.2. The Bertz CT molecular complexity index is 873. The second-order valence-electron chi connectivity index (χ2n) is 9.79. The Hall–Kier alpha value is -2.60. The van der Waals surface area contributed by atoms with Crippen molar-refractivity contribution in [2.45, 2.75) is 64.7 Å². The average Bonchev–Trinajstić information content (AvgIpc) is 2.85. The van der Waals surface area contributed by atoms with E-state index in [0.717, 1.165) is 63.3 Å². The number of likely N-dealkylation sites (tertiary alicyclic amines) is 1. The number of piperidine rings is 2. The number of rotatable bonds is 6. The smallest absolute Gasteiger partial charge is 0.191 e. The van der Waals surface area contributed by atoms with Crippen molar-refractivity contribution in [1.82, 2.24) is 20.5 Å². The van der Waals surface area contributed by atoms with E-state index >= 15 is 0 Å². The van der Waals surface area contributed by atoms with Crippen molar-refractivity contribution < 1.29 is 0 Å². The molecule has 0 spiro atoms. The summed E-state index contributed by atoms with van der Waals surface area (Å²) < 4.78 is 0. The van der Waals surface area contributed by atoms with Crippen LogP contribution in [0.25, 0.3) is 0 Å². The molecule has 2 aromatic rings. The van der Waals surface area contributed by atoms with E-state index in [1.807, 2.05) is 13.2 Å². The van der Waals surface area contributed by atoms with E-state index in [1.54, 1.807) is 0 Å². The van der Waals surface area contributed by atoms with Crippen LogP contribution in [0.1, 0.15) is 50.7 Å². The summed E-state index contributed by atoms with van der Waals surface area (Å²) in [5, 5.41) is 7.12. The third-order valence-corrected chi connectivity index (χ3v) is 7.18. The van der Waals surface area contributed by atoms with Crippen molar-refractivity contribution in [3.63, 3.8) is 0 Å². The summed E-state index contributed by atoms with van der Waals surface area (Å²) in [6, 6.07) is 16.1. The van der Waals surface area contributed by atoms with Gasteiger partial charge in [-0.3, -0.25) is 9.89 Å². The Balaban J connectivity index is 1.22. The van der Waals surface area contributed by atoms with Crippen LogP contribution in [0, 0.1) is 5.92 Å². The SMILES string of the molecule is CN=C(NCc1ccc(N2CCC(C)CC2)nc1)NC1CCN(Cc2ccccc2)C(C)C1. The number of benzene rings is 1. The van der Waals surface area contributed by atoms with Gasteiger partial charge in [-0.05, 0) is 55.7 Å². The molecule has 0 bridgehead atoms. The number of pyridine rings is 1. The van der Waals surface area contributed by atoms with E-state index in [0.29, 0.717) is 12.1 Å². The number of nitrogens with zero attached hydrogens (tertiary/aromatic N) is 4. The van der Waals surface area contributed by atoms with Crippen molar-refractivity contribution in [3.05, 3.63) is 59.8 Å². The summed E-state index contributed by atoms with van der Waals surface area (Å²) in [5.41, 5.74) is 2.57. The third kappa shape index (κ3) is 6.70. The first kappa shape index (κ1) is 23.6. The van der Waals surface area contributed by atoms with Gasteiger partial charge >= 0.3 is 0 Å². The summed E-state index contributed by atoms with van der Waals surface area (Å²) in [5.74, 6) is 2.81. The van der Waals surface area contributed by atoms with E-state index in [4.69, 9.17) is 4.98 Å². The number of anilines is 1. The highest BCUT2D eigenvalue weighted by Gasteiger charge is 2.26. The molecule has 2 saturated heterocycles. The van der Waals surface area contributed by atoms with Gasteiger partial charge in [0.2, 0.25) is 0 Å². The molecule has 2 aliphatic rings. The Morgan fingerprint density at radius 3 is 2.45 bits per heavy atom. The number of hydrogen-bond donors (Lipinski definition) is 2. The van der Waals surface area contributed by atoms with E-state index in [9.17, 15) is 0 Å². The molecule has 0 amide bonds. The molecule has 0 aliphatic carbocycles. The monoisotopic (exact) mass is 448 g/mol.